The highest BCUT2D eigenvalue weighted by atomic mass is 16.6. The number of nitrogens with one attached hydrogen (secondary N) is 1. The smallest absolute Gasteiger partial charge is 0.301 e. The summed E-state index contributed by atoms with van der Waals surface area (Å²) in [5.41, 5.74) is 1.85. The van der Waals surface area contributed by atoms with Crippen LogP contribution in [0.3, 0.4) is 0 Å². The maximum Gasteiger partial charge on any atom is 0.301 e. The van der Waals surface area contributed by atoms with Crippen molar-refractivity contribution in [3.8, 4) is 0 Å². The van der Waals surface area contributed by atoms with Gasteiger partial charge in [-0.05, 0) is 19.9 Å². The Morgan fingerprint density at radius 2 is 2.10 bits per heavy atom. The minimum atomic E-state index is -0.701. The Labute approximate surface area is 120 Å². The molecule has 0 aliphatic rings. The van der Waals surface area contributed by atoms with E-state index >= 15 is 0 Å². The molecule has 9 nitrogen and oxygen atoms in total. The van der Waals surface area contributed by atoms with Crippen LogP contribution in [0.5, 0.6) is 0 Å². The average molecular weight is 296 g/mol. The number of hydrogen-bond donors (Lipinski definition) is 1. The second-order valence-corrected chi connectivity index (χ2v) is 4.14. The van der Waals surface area contributed by atoms with Crippen LogP contribution in [0.4, 0.5) is 17.1 Å². The third kappa shape index (κ3) is 5.15. The molecule has 1 rings (SSSR count). The molecule has 0 aromatic heterocycles. The molecule has 0 aliphatic heterocycles. The standard InChI is InChI=1S/C12H16N4O5/c1-3-21-9(2)6-7-13-14-11-5-4-10(15(17)18)8-12(11)16(19)20/h4-5,7-9,14H,3,6H2,1-2H3. The number of nitro groups is 2. The number of hydrogen-bond acceptors (Lipinski definition) is 7. The van der Waals surface area contributed by atoms with Gasteiger partial charge in [-0.15, -0.1) is 0 Å². The summed E-state index contributed by atoms with van der Waals surface area (Å²) in [6, 6.07) is 3.31. The van der Waals surface area contributed by atoms with E-state index in [-0.39, 0.29) is 17.5 Å². The van der Waals surface area contributed by atoms with E-state index in [1.807, 2.05) is 13.8 Å². The van der Waals surface area contributed by atoms with Gasteiger partial charge in [0, 0.05) is 25.3 Å². The molecule has 1 N–H and O–H groups in total. The first-order chi connectivity index (χ1) is 9.95. The van der Waals surface area contributed by atoms with Crippen LogP contribution in [0.2, 0.25) is 0 Å². The summed E-state index contributed by atoms with van der Waals surface area (Å²) in [5, 5.41) is 25.3. The van der Waals surface area contributed by atoms with Crippen molar-refractivity contribution in [3.63, 3.8) is 0 Å². The molecule has 1 aromatic carbocycles. The summed E-state index contributed by atoms with van der Waals surface area (Å²) in [4.78, 5) is 20.1. The molecule has 1 aromatic rings. The highest BCUT2D eigenvalue weighted by molar-refractivity contribution is 5.67. The zero-order valence-corrected chi connectivity index (χ0v) is 11.7. The molecule has 0 heterocycles. The first kappa shape index (κ1) is 16.5. The van der Waals surface area contributed by atoms with Gasteiger partial charge in [0.2, 0.25) is 0 Å². The summed E-state index contributed by atoms with van der Waals surface area (Å²) >= 11 is 0. The summed E-state index contributed by atoms with van der Waals surface area (Å²) in [6.45, 7) is 4.35. The highest BCUT2D eigenvalue weighted by Gasteiger charge is 2.18. The number of nitro benzene ring substituents is 2. The summed E-state index contributed by atoms with van der Waals surface area (Å²) in [7, 11) is 0. The van der Waals surface area contributed by atoms with E-state index < -0.39 is 15.5 Å². The molecule has 0 aliphatic carbocycles. The van der Waals surface area contributed by atoms with Crippen molar-refractivity contribution in [2.75, 3.05) is 12.0 Å². The van der Waals surface area contributed by atoms with Gasteiger partial charge in [-0.2, -0.15) is 5.10 Å². The number of rotatable bonds is 8. The van der Waals surface area contributed by atoms with Gasteiger partial charge in [-0.1, -0.05) is 0 Å². The van der Waals surface area contributed by atoms with Crippen molar-refractivity contribution < 1.29 is 14.6 Å². The van der Waals surface area contributed by atoms with E-state index in [1.54, 1.807) is 0 Å². The predicted octanol–water partition coefficient (Wildman–Crippen LogP) is 2.72. The Balaban J connectivity index is 2.77. The molecular weight excluding hydrogens is 280 g/mol. The Morgan fingerprint density at radius 1 is 1.38 bits per heavy atom. The Hall–Kier alpha value is -2.55. The summed E-state index contributed by atoms with van der Waals surface area (Å²) < 4.78 is 5.30. The Bertz CT molecular complexity index is 546. The molecule has 21 heavy (non-hydrogen) atoms. The van der Waals surface area contributed by atoms with Crippen molar-refractivity contribution in [2.24, 2.45) is 5.10 Å². The van der Waals surface area contributed by atoms with E-state index in [1.165, 1.54) is 18.3 Å². The lowest BCUT2D eigenvalue weighted by atomic mass is 10.2. The van der Waals surface area contributed by atoms with Gasteiger partial charge in [0.1, 0.15) is 5.69 Å². The summed E-state index contributed by atoms with van der Waals surface area (Å²) in [6.07, 6.45) is 2.07. The van der Waals surface area contributed by atoms with E-state index in [0.29, 0.717) is 13.0 Å². The van der Waals surface area contributed by atoms with Crippen LogP contribution in [0.1, 0.15) is 20.3 Å². The first-order valence-corrected chi connectivity index (χ1v) is 6.27. The first-order valence-electron chi connectivity index (χ1n) is 6.27. The third-order valence-corrected chi connectivity index (χ3v) is 2.55. The molecule has 0 saturated carbocycles. The minimum Gasteiger partial charge on any atom is -0.378 e. The quantitative estimate of drug-likeness (QED) is 0.447. The normalized spacial score (nSPS) is 12.3. The van der Waals surface area contributed by atoms with Crippen LogP contribution >= 0.6 is 0 Å². The van der Waals surface area contributed by atoms with E-state index in [2.05, 4.69) is 10.5 Å². The van der Waals surface area contributed by atoms with Crippen LogP contribution < -0.4 is 5.43 Å². The van der Waals surface area contributed by atoms with Gasteiger partial charge in [-0.3, -0.25) is 25.7 Å². The van der Waals surface area contributed by atoms with Crippen molar-refractivity contribution in [1.82, 2.24) is 0 Å². The van der Waals surface area contributed by atoms with E-state index in [4.69, 9.17) is 4.74 Å². The van der Waals surface area contributed by atoms with E-state index in [0.717, 1.165) is 6.07 Å². The maximum atomic E-state index is 10.9. The zero-order chi connectivity index (χ0) is 15.8. The van der Waals surface area contributed by atoms with Crippen LogP contribution in [-0.4, -0.2) is 28.8 Å². The lowest BCUT2D eigenvalue weighted by molar-refractivity contribution is -0.393. The van der Waals surface area contributed by atoms with Crippen molar-refractivity contribution >= 4 is 23.3 Å². The molecule has 0 saturated heterocycles. The number of anilines is 1. The molecule has 1 unspecified atom stereocenters. The average Bonchev–Trinajstić information content (AvgIpc) is 2.43. The Morgan fingerprint density at radius 3 is 2.67 bits per heavy atom. The largest absolute Gasteiger partial charge is 0.378 e. The fourth-order valence-corrected chi connectivity index (χ4v) is 1.55. The minimum absolute atomic E-state index is 0.00704. The molecule has 0 bridgehead atoms. The fraction of sp³-hybridized carbons (Fsp3) is 0.417. The number of non-ortho nitro benzene ring substituents is 1. The van der Waals surface area contributed by atoms with Crippen LogP contribution in [-0.2, 0) is 4.74 Å². The molecule has 114 valence electrons. The third-order valence-electron chi connectivity index (χ3n) is 2.55. The van der Waals surface area contributed by atoms with Gasteiger partial charge in [0.25, 0.3) is 5.69 Å². The van der Waals surface area contributed by atoms with Gasteiger partial charge in [0.05, 0.1) is 22.0 Å². The lowest BCUT2D eigenvalue weighted by Crippen LogP contribution is -2.08. The zero-order valence-electron chi connectivity index (χ0n) is 11.7. The summed E-state index contributed by atoms with van der Waals surface area (Å²) in [5.74, 6) is 0. The van der Waals surface area contributed by atoms with Crippen LogP contribution in [0.15, 0.2) is 23.3 Å². The monoisotopic (exact) mass is 296 g/mol. The topological polar surface area (TPSA) is 120 Å². The molecule has 0 spiro atoms. The molecule has 9 heteroatoms. The maximum absolute atomic E-state index is 10.9. The van der Waals surface area contributed by atoms with Crippen molar-refractivity contribution in [3.05, 3.63) is 38.4 Å². The lowest BCUT2D eigenvalue weighted by Gasteiger charge is -2.07. The number of nitrogens with zero attached hydrogens (tertiary/aromatic N) is 3. The van der Waals surface area contributed by atoms with Crippen LogP contribution in [0.25, 0.3) is 0 Å². The molecule has 0 radical (unpaired) electrons. The highest BCUT2D eigenvalue weighted by Crippen LogP contribution is 2.28. The fourth-order valence-electron chi connectivity index (χ4n) is 1.55. The predicted molar refractivity (Wildman–Crippen MR) is 77.6 cm³/mol. The number of benzene rings is 1. The molecular formula is C12H16N4O5. The molecule has 1 atom stereocenters. The number of hydrazone groups is 1. The van der Waals surface area contributed by atoms with Crippen molar-refractivity contribution in [2.45, 2.75) is 26.4 Å². The van der Waals surface area contributed by atoms with Crippen LogP contribution in [0, 0.1) is 20.2 Å². The van der Waals surface area contributed by atoms with Gasteiger partial charge < -0.3 is 4.74 Å². The SMILES string of the molecule is CCOC(C)CC=NNc1ccc([N+](=O)[O-])cc1[N+](=O)[O-]. The molecule has 0 amide bonds. The van der Waals surface area contributed by atoms with Gasteiger partial charge in [-0.25, -0.2) is 0 Å². The van der Waals surface area contributed by atoms with Gasteiger partial charge >= 0.3 is 5.69 Å². The number of ether oxygens (including phenoxy) is 1. The van der Waals surface area contributed by atoms with Gasteiger partial charge in [0.15, 0.2) is 0 Å². The molecule has 0 fully saturated rings. The van der Waals surface area contributed by atoms with Crippen molar-refractivity contribution in [1.29, 1.82) is 0 Å². The second-order valence-electron chi connectivity index (χ2n) is 4.14. The second kappa shape index (κ2) is 7.90. The van der Waals surface area contributed by atoms with E-state index in [9.17, 15) is 20.2 Å². The Kier molecular flexibility index (Phi) is 6.21.